The van der Waals surface area contributed by atoms with Gasteiger partial charge in [-0.15, -0.1) is 5.10 Å². The molecule has 1 heterocycles. The third-order valence-electron chi connectivity index (χ3n) is 0.914. The van der Waals surface area contributed by atoms with Crippen LogP contribution >= 0.6 is 0 Å². The Hall–Kier alpha value is -1.30. The summed E-state index contributed by atoms with van der Waals surface area (Å²) in [5.74, 6) is 0.532. The fraction of sp³-hybridized carbons (Fsp3) is 0.200. The molecule has 0 radical (unpaired) electrons. The Morgan fingerprint density at radius 2 is 2.62 bits per heavy atom. The van der Waals surface area contributed by atoms with E-state index in [4.69, 9.17) is 6.57 Å². The SMILES string of the molecule is [C-]#[N+]c1[nH]ncc1C. The van der Waals surface area contributed by atoms with Crippen LogP contribution in [0.2, 0.25) is 0 Å². The zero-order chi connectivity index (χ0) is 5.98. The molecule has 0 saturated carbocycles. The molecule has 0 aromatic carbocycles. The number of nitrogens with one attached hydrogen (secondary N) is 1. The molecule has 0 spiro atoms. The van der Waals surface area contributed by atoms with Crippen molar-refractivity contribution in [2.45, 2.75) is 6.92 Å². The lowest BCUT2D eigenvalue weighted by Crippen LogP contribution is -1.60. The quantitative estimate of drug-likeness (QED) is 0.497. The molecule has 1 rings (SSSR count). The van der Waals surface area contributed by atoms with Gasteiger partial charge in [0.2, 0.25) is 0 Å². The number of rotatable bonds is 0. The van der Waals surface area contributed by atoms with Crippen LogP contribution in [0.4, 0.5) is 5.82 Å². The van der Waals surface area contributed by atoms with Crippen molar-refractivity contribution in [3.63, 3.8) is 0 Å². The highest BCUT2D eigenvalue weighted by Gasteiger charge is 1.93. The van der Waals surface area contributed by atoms with Crippen LogP contribution in [0.5, 0.6) is 0 Å². The van der Waals surface area contributed by atoms with Crippen LogP contribution in [0, 0.1) is 13.5 Å². The van der Waals surface area contributed by atoms with Gasteiger partial charge in [-0.1, -0.05) is 6.57 Å². The second-order valence-corrected chi connectivity index (χ2v) is 1.51. The third kappa shape index (κ3) is 0.562. The predicted molar refractivity (Wildman–Crippen MR) is 29.6 cm³/mol. The van der Waals surface area contributed by atoms with Gasteiger partial charge in [0.15, 0.2) is 0 Å². The van der Waals surface area contributed by atoms with Gasteiger partial charge in [0.05, 0.1) is 6.20 Å². The summed E-state index contributed by atoms with van der Waals surface area (Å²) in [4.78, 5) is 3.16. The zero-order valence-electron chi connectivity index (χ0n) is 4.47. The number of aromatic nitrogens is 2. The first-order valence-electron chi connectivity index (χ1n) is 2.22. The summed E-state index contributed by atoms with van der Waals surface area (Å²) in [6.45, 7) is 8.40. The zero-order valence-corrected chi connectivity index (χ0v) is 4.47. The van der Waals surface area contributed by atoms with Crippen LogP contribution in [0.25, 0.3) is 4.85 Å². The topological polar surface area (TPSA) is 33.0 Å². The van der Waals surface area contributed by atoms with Crippen molar-refractivity contribution in [3.8, 4) is 0 Å². The monoisotopic (exact) mass is 107 g/mol. The summed E-state index contributed by atoms with van der Waals surface area (Å²) in [7, 11) is 0. The first-order valence-corrected chi connectivity index (χ1v) is 2.22. The molecule has 0 amide bonds. The normalized spacial score (nSPS) is 8.50. The third-order valence-corrected chi connectivity index (χ3v) is 0.914. The Bertz CT molecular complexity index is 218. The maximum atomic E-state index is 6.55. The van der Waals surface area contributed by atoms with Gasteiger partial charge >= 0.3 is 0 Å². The van der Waals surface area contributed by atoms with Crippen molar-refractivity contribution in [2.24, 2.45) is 0 Å². The van der Waals surface area contributed by atoms with Gasteiger partial charge in [-0.3, -0.25) is 0 Å². The van der Waals surface area contributed by atoms with Crippen molar-refractivity contribution in [1.82, 2.24) is 10.2 Å². The second kappa shape index (κ2) is 1.66. The Labute approximate surface area is 47.2 Å². The van der Waals surface area contributed by atoms with E-state index in [1.165, 1.54) is 0 Å². The molecule has 1 N–H and O–H groups in total. The van der Waals surface area contributed by atoms with Crippen molar-refractivity contribution in [1.29, 1.82) is 0 Å². The number of H-pyrrole nitrogens is 1. The van der Waals surface area contributed by atoms with Gasteiger partial charge in [-0.25, -0.2) is 5.10 Å². The molecule has 0 bridgehead atoms. The Balaban J connectivity index is 3.15. The molecule has 0 unspecified atom stereocenters. The van der Waals surface area contributed by atoms with Crippen LogP contribution in [-0.2, 0) is 0 Å². The molecule has 0 fully saturated rings. The van der Waals surface area contributed by atoms with E-state index in [9.17, 15) is 0 Å². The summed E-state index contributed by atoms with van der Waals surface area (Å²) in [6.07, 6.45) is 1.63. The summed E-state index contributed by atoms with van der Waals surface area (Å²) < 4.78 is 0. The van der Waals surface area contributed by atoms with E-state index in [1.807, 2.05) is 6.92 Å². The molecule has 40 valence electrons. The lowest BCUT2D eigenvalue weighted by Gasteiger charge is -1.78. The molecular formula is C5H5N3. The minimum atomic E-state index is 0.532. The summed E-state index contributed by atoms with van der Waals surface area (Å²) in [5.41, 5.74) is 0.903. The van der Waals surface area contributed by atoms with Crippen LogP contribution in [0.1, 0.15) is 5.56 Å². The molecule has 1 aromatic heterocycles. The number of hydrogen-bond acceptors (Lipinski definition) is 1. The van der Waals surface area contributed by atoms with Crippen molar-refractivity contribution < 1.29 is 0 Å². The molecule has 8 heavy (non-hydrogen) atoms. The molecule has 0 atom stereocenters. The molecule has 1 aromatic rings. The lowest BCUT2D eigenvalue weighted by molar-refractivity contribution is 1.10. The maximum absolute atomic E-state index is 6.55. The average Bonchev–Trinajstić information content (AvgIpc) is 2.14. The number of aryl methyl sites for hydroxylation is 1. The van der Waals surface area contributed by atoms with E-state index in [-0.39, 0.29) is 0 Å². The molecule has 0 aliphatic heterocycles. The Kier molecular flexibility index (Phi) is 1.01. The van der Waals surface area contributed by atoms with Gasteiger partial charge in [0.1, 0.15) is 0 Å². The van der Waals surface area contributed by atoms with Crippen LogP contribution < -0.4 is 0 Å². The van der Waals surface area contributed by atoms with Crippen LogP contribution in [0.15, 0.2) is 6.20 Å². The highest BCUT2D eigenvalue weighted by atomic mass is 15.1. The Morgan fingerprint density at radius 3 is 2.88 bits per heavy atom. The molecule has 0 aliphatic carbocycles. The molecule has 3 heteroatoms. The Morgan fingerprint density at radius 1 is 1.88 bits per heavy atom. The molecule has 0 saturated heterocycles. The van der Waals surface area contributed by atoms with Gasteiger partial charge in [-0.2, -0.15) is 0 Å². The van der Waals surface area contributed by atoms with Gasteiger partial charge < -0.3 is 4.85 Å². The van der Waals surface area contributed by atoms with E-state index >= 15 is 0 Å². The number of aromatic amines is 1. The minimum absolute atomic E-state index is 0.532. The standard InChI is InChI=1S/C5H5N3/c1-4-3-7-8-5(4)6-2/h3H,1H3,(H,7,8). The van der Waals surface area contributed by atoms with E-state index in [0.29, 0.717) is 5.82 Å². The van der Waals surface area contributed by atoms with Crippen molar-refractivity contribution >= 4 is 5.82 Å². The number of hydrogen-bond donors (Lipinski definition) is 1. The highest BCUT2D eigenvalue weighted by Crippen LogP contribution is 2.10. The second-order valence-electron chi connectivity index (χ2n) is 1.51. The first-order chi connectivity index (χ1) is 3.84. The summed E-state index contributed by atoms with van der Waals surface area (Å²) >= 11 is 0. The van der Waals surface area contributed by atoms with E-state index in [1.54, 1.807) is 6.20 Å². The average molecular weight is 107 g/mol. The highest BCUT2D eigenvalue weighted by molar-refractivity contribution is 5.41. The molecule has 0 aliphatic rings. The fourth-order valence-electron chi connectivity index (χ4n) is 0.453. The fourth-order valence-corrected chi connectivity index (χ4v) is 0.453. The number of nitrogens with zero attached hydrogens (tertiary/aromatic N) is 2. The lowest BCUT2D eigenvalue weighted by atomic mass is 10.4. The maximum Gasteiger partial charge on any atom is 0.252 e. The van der Waals surface area contributed by atoms with Gasteiger partial charge in [0, 0.05) is 0 Å². The molecular weight excluding hydrogens is 102 g/mol. The molecule has 3 nitrogen and oxygen atoms in total. The first kappa shape index (κ1) is 4.85. The van der Waals surface area contributed by atoms with Gasteiger partial charge in [0.25, 0.3) is 5.82 Å². The predicted octanol–water partition coefficient (Wildman–Crippen LogP) is 1.27. The van der Waals surface area contributed by atoms with E-state index < -0.39 is 0 Å². The summed E-state index contributed by atoms with van der Waals surface area (Å²) in [5, 5.41) is 6.20. The van der Waals surface area contributed by atoms with Crippen LogP contribution in [-0.4, -0.2) is 10.2 Å². The van der Waals surface area contributed by atoms with E-state index in [0.717, 1.165) is 5.56 Å². The largest absolute Gasteiger partial charge is 0.362 e. The summed E-state index contributed by atoms with van der Waals surface area (Å²) in [6, 6.07) is 0. The van der Waals surface area contributed by atoms with Gasteiger partial charge in [-0.05, 0) is 12.5 Å². The van der Waals surface area contributed by atoms with Crippen molar-refractivity contribution in [3.05, 3.63) is 23.2 Å². The van der Waals surface area contributed by atoms with Crippen LogP contribution in [0.3, 0.4) is 0 Å². The van der Waals surface area contributed by atoms with Crippen molar-refractivity contribution in [2.75, 3.05) is 0 Å². The van der Waals surface area contributed by atoms with E-state index in [2.05, 4.69) is 15.0 Å². The minimum Gasteiger partial charge on any atom is -0.362 e. The smallest absolute Gasteiger partial charge is 0.252 e.